The molecule has 2 aliphatic rings. The fourth-order valence-electron chi connectivity index (χ4n) is 4.32. The quantitative estimate of drug-likeness (QED) is 0.239. The summed E-state index contributed by atoms with van der Waals surface area (Å²) >= 11 is 0. The number of morpholine rings is 1. The van der Waals surface area contributed by atoms with Crippen molar-refractivity contribution in [2.75, 3.05) is 45.6 Å². The Balaban J connectivity index is 0.00000306. The number of ether oxygens (including phenoxy) is 2. The standard InChI is InChI=1S/C23H31N7O2.HI/c1-26-23(29-12-14-32-21(16-29)20-10-6-13-31-20)27-11-5-9-19-18(15-24)22(25)30(28-19)17-7-3-2-4-8-17;/h2-4,7-8,20-21H,5-6,9-14,16,25H2,1H3,(H,26,27);1H. The maximum Gasteiger partial charge on any atom is 0.193 e. The Labute approximate surface area is 212 Å². The Morgan fingerprint density at radius 2 is 2.06 bits per heavy atom. The number of benzene rings is 1. The molecular formula is C23H32IN7O2. The second-order valence-electron chi connectivity index (χ2n) is 8.05. The van der Waals surface area contributed by atoms with Gasteiger partial charge in [-0.3, -0.25) is 4.99 Å². The van der Waals surface area contributed by atoms with Gasteiger partial charge < -0.3 is 25.4 Å². The average molecular weight is 565 g/mol. The summed E-state index contributed by atoms with van der Waals surface area (Å²) in [5.74, 6) is 1.25. The molecule has 0 aliphatic carbocycles. The predicted octanol–water partition coefficient (Wildman–Crippen LogP) is 2.33. The number of hydrogen-bond donors (Lipinski definition) is 2. The van der Waals surface area contributed by atoms with Gasteiger partial charge in [0.2, 0.25) is 0 Å². The molecule has 10 heteroatoms. The second-order valence-corrected chi connectivity index (χ2v) is 8.05. The van der Waals surface area contributed by atoms with Crippen molar-refractivity contribution in [1.82, 2.24) is 20.0 Å². The molecule has 0 spiro atoms. The lowest BCUT2D eigenvalue weighted by atomic mass is 10.1. The highest BCUT2D eigenvalue weighted by molar-refractivity contribution is 14.0. The average Bonchev–Trinajstić information content (AvgIpc) is 3.48. The summed E-state index contributed by atoms with van der Waals surface area (Å²) in [7, 11) is 1.80. The summed E-state index contributed by atoms with van der Waals surface area (Å²) < 4.78 is 13.4. The minimum Gasteiger partial charge on any atom is -0.382 e. The van der Waals surface area contributed by atoms with Gasteiger partial charge in [0.1, 0.15) is 23.6 Å². The molecule has 0 saturated carbocycles. The van der Waals surface area contributed by atoms with Gasteiger partial charge >= 0.3 is 0 Å². The highest BCUT2D eigenvalue weighted by Crippen LogP contribution is 2.22. The van der Waals surface area contributed by atoms with Crippen LogP contribution in [0.3, 0.4) is 0 Å². The molecule has 4 rings (SSSR count). The van der Waals surface area contributed by atoms with Crippen LogP contribution in [0.2, 0.25) is 0 Å². The summed E-state index contributed by atoms with van der Waals surface area (Å²) in [4.78, 5) is 6.69. The van der Waals surface area contributed by atoms with Crippen LogP contribution in [0.25, 0.3) is 5.69 Å². The smallest absolute Gasteiger partial charge is 0.193 e. The van der Waals surface area contributed by atoms with Crippen LogP contribution in [0.4, 0.5) is 5.82 Å². The highest BCUT2D eigenvalue weighted by Gasteiger charge is 2.32. The Hall–Kier alpha value is -2.36. The van der Waals surface area contributed by atoms with Crippen LogP contribution < -0.4 is 11.1 Å². The molecular weight excluding hydrogens is 533 g/mol. The number of nitrogens with two attached hydrogens (primary N) is 1. The van der Waals surface area contributed by atoms with E-state index in [4.69, 9.17) is 15.2 Å². The molecule has 0 bridgehead atoms. The third-order valence-corrected chi connectivity index (χ3v) is 5.96. The lowest BCUT2D eigenvalue weighted by Crippen LogP contribution is -2.53. The predicted molar refractivity (Wildman–Crippen MR) is 138 cm³/mol. The molecule has 2 unspecified atom stereocenters. The van der Waals surface area contributed by atoms with Crippen LogP contribution in [-0.4, -0.2) is 72.7 Å². The number of para-hydroxylation sites is 1. The van der Waals surface area contributed by atoms with E-state index in [-0.39, 0.29) is 36.2 Å². The summed E-state index contributed by atoms with van der Waals surface area (Å²) in [5.41, 5.74) is 8.21. The number of nitrogens with zero attached hydrogens (tertiary/aromatic N) is 5. The number of rotatable bonds is 6. The first-order valence-electron chi connectivity index (χ1n) is 11.2. The van der Waals surface area contributed by atoms with Crippen LogP contribution in [0, 0.1) is 11.3 Å². The molecule has 3 N–H and O–H groups in total. The van der Waals surface area contributed by atoms with Crippen molar-refractivity contribution in [1.29, 1.82) is 5.26 Å². The van der Waals surface area contributed by atoms with Crippen LogP contribution in [-0.2, 0) is 15.9 Å². The molecule has 3 heterocycles. The molecule has 2 saturated heterocycles. The third kappa shape index (κ3) is 5.96. The number of anilines is 1. The fraction of sp³-hybridized carbons (Fsp3) is 0.522. The van der Waals surface area contributed by atoms with Gasteiger partial charge in [0.05, 0.1) is 24.1 Å². The molecule has 2 fully saturated rings. The summed E-state index contributed by atoms with van der Waals surface area (Å²) in [6.45, 7) is 3.80. The lowest BCUT2D eigenvalue weighted by molar-refractivity contribution is -0.0816. The lowest BCUT2D eigenvalue weighted by Gasteiger charge is -2.37. The zero-order valence-electron chi connectivity index (χ0n) is 18.9. The summed E-state index contributed by atoms with van der Waals surface area (Å²) in [6, 6.07) is 11.8. The van der Waals surface area contributed by atoms with E-state index in [9.17, 15) is 5.26 Å². The largest absolute Gasteiger partial charge is 0.382 e. The van der Waals surface area contributed by atoms with E-state index in [1.165, 1.54) is 0 Å². The highest BCUT2D eigenvalue weighted by atomic mass is 127. The van der Waals surface area contributed by atoms with Gasteiger partial charge in [-0.25, -0.2) is 4.68 Å². The summed E-state index contributed by atoms with van der Waals surface area (Å²) in [5, 5.41) is 17.6. The Bertz CT molecular complexity index is 967. The number of guanidine groups is 1. The zero-order chi connectivity index (χ0) is 22.3. The topological polar surface area (TPSA) is 114 Å². The number of aliphatic imine (C=N–C) groups is 1. The van der Waals surface area contributed by atoms with Crippen LogP contribution in [0.5, 0.6) is 0 Å². The minimum atomic E-state index is 0. The van der Waals surface area contributed by atoms with Crippen LogP contribution >= 0.6 is 24.0 Å². The zero-order valence-corrected chi connectivity index (χ0v) is 21.3. The number of aromatic nitrogens is 2. The van der Waals surface area contributed by atoms with Crippen molar-refractivity contribution in [3.8, 4) is 11.8 Å². The number of nitrogens with one attached hydrogen (secondary N) is 1. The molecule has 2 aliphatic heterocycles. The van der Waals surface area contributed by atoms with Crippen LogP contribution in [0.15, 0.2) is 35.3 Å². The number of hydrogen-bond acceptors (Lipinski definition) is 6. The van der Waals surface area contributed by atoms with Crippen molar-refractivity contribution in [3.63, 3.8) is 0 Å². The van der Waals surface area contributed by atoms with Crippen molar-refractivity contribution in [3.05, 3.63) is 41.6 Å². The first kappa shape index (κ1) is 25.3. The van der Waals surface area contributed by atoms with Gasteiger partial charge in [-0.15, -0.1) is 24.0 Å². The molecule has 0 radical (unpaired) electrons. The van der Waals surface area contributed by atoms with E-state index in [1.807, 2.05) is 30.3 Å². The second kappa shape index (κ2) is 12.2. The Morgan fingerprint density at radius 1 is 1.27 bits per heavy atom. The first-order chi connectivity index (χ1) is 15.7. The SMILES string of the molecule is CN=C(NCCCc1nn(-c2ccccc2)c(N)c1C#N)N1CCOC(C2CCCO2)C1.I. The van der Waals surface area contributed by atoms with Crippen molar-refractivity contribution < 1.29 is 9.47 Å². The van der Waals surface area contributed by atoms with E-state index in [1.54, 1.807) is 11.7 Å². The molecule has 1 aromatic carbocycles. The maximum atomic E-state index is 9.58. The molecule has 0 amide bonds. The molecule has 2 atom stereocenters. The normalized spacial score (nSPS) is 20.8. The molecule has 1 aromatic heterocycles. The van der Waals surface area contributed by atoms with E-state index < -0.39 is 0 Å². The minimum absolute atomic E-state index is 0. The monoisotopic (exact) mass is 565 g/mol. The number of aryl methyl sites for hydroxylation is 1. The van der Waals surface area contributed by atoms with Gasteiger partial charge in [0, 0.05) is 33.3 Å². The van der Waals surface area contributed by atoms with Gasteiger partial charge in [-0.2, -0.15) is 10.4 Å². The number of nitriles is 1. The van der Waals surface area contributed by atoms with Gasteiger partial charge in [-0.05, 0) is 37.8 Å². The summed E-state index contributed by atoms with van der Waals surface area (Å²) in [6.07, 6.45) is 3.90. The van der Waals surface area contributed by atoms with E-state index in [0.29, 0.717) is 24.4 Å². The van der Waals surface area contributed by atoms with Crippen molar-refractivity contribution >= 4 is 35.8 Å². The van der Waals surface area contributed by atoms with E-state index in [2.05, 4.69) is 26.4 Å². The van der Waals surface area contributed by atoms with Crippen molar-refractivity contribution in [2.24, 2.45) is 4.99 Å². The molecule has 2 aromatic rings. The Kier molecular flexibility index (Phi) is 9.34. The van der Waals surface area contributed by atoms with Gasteiger partial charge in [0.15, 0.2) is 5.96 Å². The number of halogens is 1. The number of nitrogen functional groups attached to an aromatic ring is 1. The van der Waals surface area contributed by atoms with Crippen molar-refractivity contribution in [2.45, 2.75) is 37.9 Å². The van der Waals surface area contributed by atoms with Gasteiger partial charge in [-0.1, -0.05) is 18.2 Å². The molecule has 33 heavy (non-hydrogen) atoms. The fourth-order valence-corrected chi connectivity index (χ4v) is 4.32. The first-order valence-corrected chi connectivity index (χ1v) is 11.2. The van der Waals surface area contributed by atoms with E-state index in [0.717, 1.165) is 62.8 Å². The maximum absolute atomic E-state index is 9.58. The van der Waals surface area contributed by atoms with Gasteiger partial charge in [0.25, 0.3) is 0 Å². The Morgan fingerprint density at radius 3 is 2.76 bits per heavy atom. The van der Waals surface area contributed by atoms with Crippen LogP contribution in [0.1, 0.15) is 30.5 Å². The molecule has 9 nitrogen and oxygen atoms in total. The molecule has 178 valence electrons. The van der Waals surface area contributed by atoms with E-state index >= 15 is 0 Å². The third-order valence-electron chi connectivity index (χ3n) is 5.96.